The van der Waals surface area contributed by atoms with Gasteiger partial charge in [-0.1, -0.05) is 24.3 Å². The zero-order valence-electron chi connectivity index (χ0n) is 13.1. The van der Waals surface area contributed by atoms with Gasteiger partial charge in [-0.3, -0.25) is 9.59 Å². The molecule has 0 aliphatic rings. The first-order chi connectivity index (χ1) is 11.4. The highest BCUT2D eigenvalue weighted by molar-refractivity contribution is 5.97. The molecule has 0 unspecified atom stereocenters. The van der Waals surface area contributed by atoms with Gasteiger partial charge in [-0.15, -0.1) is 0 Å². The van der Waals surface area contributed by atoms with E-state index in [1.807, 2.05) is 6.07 Å². The molecule has 1 atom stereocenters. The van der Waals surface area contributed by atoms with Crippen LogP contribution in [-0.4, -0.2) is 23.8 Å². The molecule has 0 radical (unpaired) electrons. The molecule has 2 N–H and O–H groups in total. The van der Waals surface area contributed by atoms with Crippen LogP contribution in [-0.2, 0) is 11.2 Å². The van der Waals surface area contributed by atoms with E-state index in [2.05, 4.69) is 0 Å². The third-order valence-electron chi connectivity index (χ3n) is 3.60. The van der Waals surface area contributed by atoms with E-state index in [0.717, 1.165) is 0 Å². The molecule has 0 spiro atoms. The normalized spacial score (nSPS) is 11.4. The average molecular weight is 325 g/mol. The Kier molecular flexibility index (Phi) is 5.27. The zero-order chi connectivity index (χ0) is 17.7. The summed E-state index contributed by atoms with van der Waals surface area (Å²) in [5.41, 5.74) is 6.73. The van der Waals surface area contributed by atoms with E-state index in [9.17, 15) is 14.0 Å². The van der Waals surface area contributed by atoms with Crippen molar-refractivity contribution in [2.75, 3.05) is 7.05 Å². The Balaban J connectivity index is 2.35. The third-order valence-corrected chi connectivity index (χ3v) is 3.60. The van der Waals surface area contributed by atoms with E-state index in [1.165, 1.54) is 36.2 Å². The fourth-order valence-electron chi connectivity index (χ4n) is 2.48. The number of benzene rings is 2. The lowest BCUT2D eigenvalue weighted by atomic mass is 10.0. The minimum absolute atomic E-state index is 0.175. The molecule has 24 heavy (non-hydrogen) atoms. The van der Waals surface area contributed by atoms with E-state index in [4.69, 9.17) is 11.0 Å². The van der Waals surface area contributed by atoms with Crippen LogP contribution in [0.25, 0.3) is 0 Å². The summed E-state index contributed by atoms with van der Waals surface area (Å²) in [6.07, 6.45) is 0.175. The van der Waals surface area contributed by atoms with E-state index in [-0.39, 0.29) is 6.42 Å². The standard InChI is InChI=1S/C18H16FN3O2/c1-22(16(17(21)23)13-5-3-7-15(19)11-13)18(24)14-6-2-4-12(10-14)8-9-20/h2-7,10-11,16H,8H2,1H3,(H2,21,23)/t16-/m0/s1. The molecule has 122 valence electrons. The molecule has 6 heteroatoms. The van der Waals surface area contributed by atoms with Crippen LogP contribution in [0.4, 0.5) is 4.39 Å². The van der Waals surface area contributed by atoms with Gasteiger partial charge < -0.3 is 10.6 Å². The zero-order valence-corrected chi connectivity index (χ0v) is 13.1. The van der Waals surface area contributed by atoms with Crippen molar-refractivity contribution in [1.29, 1.82) is 5.26 Å². The number of carbonyl (C=O) groups is 2. The second-order valence-electron chi connectivity index (χ2n) is 5.31. The van der Waals surface area contributed by atoms with E-state index >= 15 is 0 Å². The van der Waals surface area contributed by atoms with Crippen LogP contribution in [0.5, 0.6) is 0 Å². The first kappa shape index (κ1) is 17.2. The average Bonchev–Trinajstić information content (AvgIpc) is 2.54. The number of likely N-dealkylation sites (N-methyl/N-ethyl adjacent to an activating group) is 1. The lowest BCUT2D eigenvalue weighted by molar-refractivity contribution is -0.122. The molecule has 2 rings (SSSR count). The van der Waals surface area contributed by atoms with Gasteiger partial charge in [0.1, 0.15) is 11.9 Å². The predicted molar refractivity (Wildman–Crippen MR) is 86.2 cm³/mol. The van der Waals surface area contributed by atoms with Crippen molar-refractivity contribution in [3.05, 3.63) is 71.0 Å². The Bertz CT molecular complexity index is 814. The Morgan fingerprint density at radius 3 is 2.58 bits per heavy atom. The van der Waals surface area contributed by atoms with Gasteiger partial charge in [0.2, 0.25) is 5.91 Å². The molecule has 0 heterocycles. The van der Waals surface area contributed by atoms with Crippen molar-refractivity contribution >= 4 is 11.8 Å². The van der Waals surface area contributed by atoms with Gasteiger partial charge in [-0.2, -0.15) is 5.26 Å². The van der Waals surface area contributed by atoms with Gasteiger partial charge in [0.05, 0.1) is 12.5 Å². The summed E-state index contributed by atoms with van der Waals surface area (Å²) in [4.78, 5) is 25.6. The predicted octanol–water partition coefficient (Wildman–Crippen LogP) is 2.19. The van der Waals surface area contributed by atoms with E-state index in [1.54, 1.807) is 24.3 Å². The van der Waals surface area contributed by atoms with Crippen LogP contribution in [0.15, 0.2) is 48.5 Å². The Labute approximate surface area is 139 Å². The highest BCUT2D eigenvalue weighted by Crippen LogP contribution is 2.22. The van der Waals surface area contributed by atoms with E-state index in [0.29, 0.717) is 16.7 Å². The van der Waals surface area contributed by atoms with Gasteiger partial charge in [-0.25, -0.2) is 4.39 Å². The molecular weight excluding hydrogens is 309 g/mol. The molecule has 0 saturated heterocycles. The smallest absolute Gasteiger partial charge is 0.254 e. The topological polar surface area (TPSA) is 87.2 Å². The maximum absolute atomic E-state index is 13.4. The lowest BCUT2D eigenvalue weighted by Gasteiger charge is -2.26. The molecule has 0 saturated carbocycles. The Morgan fingerprint density at radius 1 is 1.25 bits per heavy atom. The molecule has 0 fully saturated rings. The van der Waals surface area contributed by atoms with Crippen LogP contribution in [0.3, 0.4) is 0 Å². The van der Waals surface area contributed by atoms with Crippen molar-refractivity contribution in [1.82, 2.24) is 4.90 Å². The first-order valence-electron chi connectivity index (χ1n) is 7.22. The number of carbonyl (C=O) groups excluding carboxylic acids is 2. The number of halogens is 1. The summed E-state index contributed by atoms with van der Waals surface area (Å²) in [5.74, 6) is -1.72. The fraction of sp³-hybridized carbons (Fsp3) is 0.167. The molecular formula is C18H16FN3O2. The maximum Gasteiger partial charge on any atom is 0.254 e. The number of nitriles is 1. The summed E-state index contributed by atoms with van der Waals surface area (Å²) in [6.45, 7) is 0. The summed E-state index contributed by atoms with van der Waals surface area (Å²) in [6, 6.07) is 12.9. The maximum atomic E-state index is 13.4. The van der Waals surface area contributed by atoms with Crippen LogP contribution in [0.1, 0.15) is 27.5 Å². The molecule has 0 bridgehead atoms. The second-order valence-corrected chi connectivity index (χ2v) is 5.31. The number of primary amides is 1. The van der Waals surface area contributed by atoms with Crippen molar-refractivity contribution in [3.63, 3.8) is 0 Å². The second kappa shape index (κ2) is 7.38. The number of hydrogen-bond acceptors (Lipinski definition) is 3. The Hall–Kier alpha value is -3.20. The largest absolute Gasteiger partial charge is 0.368 e. The van der Waals surface area contributed by atoms with Gasteiger partial charge in [0.15, 0.2) is 0 Å². The number of nitrogens with zero attached hydrogens (tertiary/aromatic N) is 2. The van der Waals surface area contributed by atoms with Crippen molar-refractivity contribution in [2.45, 2.75) is 12.5 Å². The summed E-state index contributed by atoms with van der Waals surface area (Å²) >= 11 is 0. The van der Waals surface area contributed by atoms with Crippen LogP contribution in [0.2, 0.25) is 0 Å². The Morgan fingerprint density at radius 2 is 1.96 bits per heavy atom. The first-order valence-corrected chi connectivity index (χ1v) is 7.22. The molecule has 0 aliphatic heterocycles. The van der Waals surface area contributed by atoms with Gasteiger partial charge in [0.25, 0.3) is 5.91 Å². The number of amides is 2. The number of nitrogens with two attached hydrogens (primary N) is 1. The summed E-state index contributed by atoms with van der Waals surface area (Å²) in [5, 5.41) is 8.75. The summed E-state index contributed by atoms with van der Waals surface area (Å²) < 4.78 is 13.4. The van der Waals surface area contributed by atoms with Crippen LogP contribution < -0.4 is 5.73 Å². The molecule has 0 aliphatic carbocycles. The quantitative estimate of drug-likeness (QED) is 0.914. The van der Waals surface area contributed by atoms with Gasteiger partial charge >= 0.3 is 0 Å². The third kappa shape index (κ3) is 3.76. The van der Waals surface area contributed by atoms with Crippen molar-refractivity contribution < 1.29 is 14.0 Å². The van der Waals surface area contributed by atoms with Crippen LogP contribution >= 0.6 is 0 Å². The number of rotatable bonds is 5. The van der Waals surface area contributed by atoms with Crippen molar-refractivity contribution in [2.24, 2.45) is 5.73 Å². The molecule has 0 aromatic heterocycles. The minimum atomic E-state index is -1.09. The van der Waals surface area contributed by atoms with Crippen LogP contribution in [0, 0.1) is 17.1 Å². The highest BCUT2D eigenvalue weighted by Gasteiger charge is 2.27. The van der Waals surface area contributed by atoms with Crippen molar-refractivity contribution in [3.8, 4) is 6.07 Å². The van der Waals surface area contributed by atoms with Gasteiger partial charge in [-0.05, 0) is 35.4 Å². The molecule has 2 aromatic rings. The number of hydrogen-bond donors (Lipinski definition) is 1. The molecule has 5 nitrogen and oxygen atoms in total. The highest BCUT2D eigenvalue weighted by atomic mass is 19.1. The summed E-state index contributed by atoms with van der Waals surface area (Å²) in [7, 11) is 1.43. The molecule has 2 aromatic carbocycles. The lowest BCUT2D eigenvalue weighted by Crippen LogP contribution is -2.39. The van der Waals surface area contributed by atoms with Gasteiger partial charge in [0, 0.05) is 12.6 Å². The molecule has 2 amide bonds. The van der Waals surface area contributed by atoms with E-state index < -0.39 is 23.7 Å². The monoisotopic (exact) mass is 325 g/mol. The SMILES string of the molecule is CN(C(=O)c1cccc(CC#N)c1)[C@H](C(N)=O)c1cccc(F)c1. The fourth-order valence-corrected chi connectivity index (χ4v) is 2.48. The minimum Gasteiger partial charge on any atom is -0.368 e.